The summed E-state index contributed by atoms with van der Waals surface area (Å²) in [6.45, 7) is 0.660. The predicted octanol–water partition coefficient (Wildman–Crippen LogP) is 3.47. The Balaban J connectivity index is 1.53. The molecule has 0 atom stereocenters. The van der Waals surface area contributed by atoms with Crippen molar-refractivity contribution >= 4 is 50.5 Å². The second-order valence-corrected chi connectivity index (χ2v) is 9.29. The standard InChI is InChI=1S/C20H16Cl2N4O4S/c21-17-12-23-26(20(28)19(17)22)15-7-9-16(10-8-15)31(29,30)24-13-3-5-14(6-4-13)25-11-1-2-18(25)27/h3-10,12,24H,1-2,11H2. The van der Waals surface area contributed by atoms with Crippen molar-refractivity contribution in [2.24, 2.45) is 0 Å². The molecule has 0 spiro atoms. The molecule has 31 heavy (non-hydrogen) atoms. The smallest absolute Gasteiger partial charge is 0.291 e. The Hall–Kier alpha value is -2.88. The monoisotopic (exact) mass is 478 g/mol. The van der Waals surface area contributed by atoms with Crippen LogP contribution < -0.4 is 15.2 Å². The van der Waals surface area contributed by atoms with Crippen molar-refractivity contribution < 1.29 is 13.2 Å². The molecule has 1 aliphatic heterocycles. The van der Waals surface area contributed by atoms with E-state index in [0.29, 0.717) is 24.3 Å². The quantitative estimate of drug-likeness (QED) is 0.604. The number of carbonyl (C=O) groups excluding carboxylic acids is 1. The highest BCUT2D eigenvalue weighted by Gasteiger charge is 2.22. The number of hydrogen-bond donors (Lipinski definition) is 1. The lowest BCUT2D eigenvalue weighted by Crippen LogP contribution is -2.23. The van der Waals surface area contributed by atoms with Gasteiger partial charge in [-0.3, -0.25) is 14.3 Å². The van der Waals surface area contributed by atoms with E-state index in [1.807, 2.05) is 0 Å². The molecule has 1 saturated heterocycles. The maximum atomic E-state index is 12.7. The van der Waals surface area contributed by atoms with Gasteiger partial charge in [-0.05, 0) is 55.0 Å². The fourth-order valence-corrected chi connectivity index (χ4v) is 4.52. The molecule has 160 valence electrons. The van der Waals surface area contributed by atoms with E-state index in [-0.39, 0.29) is 20.8 Å². The maximum Gasteiger partial charge on any atom is 0.291 e. The number of hydrogen-bond acceptors (Lipinski definition) is 5. The molecule has 0 bridgehead atoms. The van der Waals surface area contributed by atoms with Gasteiger partial charge in [-0.25, -0.2) is 8.42 Å². The molecule has 1 N–H and O–H groups in total. The molecular formula is C20H16Cl2N4O4S. The summed E-state index contributed by atoms with van der Waals surface area (Å²) >= 11 is 11.6. The molecule has 0 unspecified atom stereocenters. The minimum Gasteiger partial charge on any atom is -0.312 e. The van der Waals surface area contributed by atoms with Gasteiger partial charge in [0.2, 0.25) is 5.91 Å². The average Bonchev–Trinajstić information content (AvgIpc) is 3.18. The number of halogens is 2. The first-order valence-electron chi connectivity index (χ1n) is 9.23. The highest BCUT2D eigenvalue weighted by molar-refractivity contribution is 7.92. The summed E-state index contributed by atoms with van der Waals surface area (Å²) in [7, 11) is -3.87. The van der Waals surface area contributed by atoms with E-state index >= 15 is 0 Å². The highest BCUT2D eigenvalue weighted by atomic mass is 35.5. The van der Waals surface area contributed by atoms with Gasteiger partial charge in [0.1, 0.15) is 5.02 Å². The van der Waals surface area contributed by atoms with Crippen LogP contribution in [0.4, 0.5) is 11.4 Å². The van der Waals surface area contributed by atoms with Gasteiger partial charge in [-0.1, -0.05) is 23.2 Å². The molecule has 1 aliphatic rings. The van der Waals surface area contributed by atoms with Crippen LogP contribution in [0.25, 0.3) is 5.69 Å². The van der Waals surface area contributed by atoms with E-state index in [0.717, 1.165) is 16.8 Å². The lowest BCUT2D eigenvalue weighted by molar-refractivity contribution is -0.117. The van der Waals surface area contributed by atoms with Crippen LogP contribution in [-0.4, -0.2) is 30.7 Å². The summed E-state index contributed by atoms with van der Waals surface area (Å²) in [4.78, 5) is 25.7. The number of aromatic nitrogens is 2. The number of sulfonamides is 1. The van der Waals surface area contributed by atoms with Gasteiger partial charge in [0, 0.05) is 24.3 Å². The van der Waals surface area contributed by atoms with Gasteiger partial charge in [0.25, 0.3) is 15.6 Å². The Morgan fingerprint density at radius 2 is 1.58 bits per heavy atom. The number of nitrogens with one attached hydrogen (secondary N) is 1. The largest absolute Gasteiger partial charge is 0.312 e. The van der Waals surface area contributed by atoms with E-state index in [9.17, 15) is 18.0 Å². The third-order valence-corrected chi connectivity index (χ3v) is 6.92. The summed E-state index contributed by atoms with van der Waals surface area (Å²) in [5.41, 5.74) is 0.817. The summed E-state index contributed by atoms with van der Waals surface area (Å²) < 4.78 is 28.9. The fourth-order valence-electron chi connectivity index (χ4n) is 3.21. The van der Waals surface area contributed by atoms with Crippen molar-refractivity contribution in [2.75, 3.05) is 16.2 Å². The van der Waals surface area contributed by atoms with Crippen LogP contribution >= 0.6 is 23.2 Å². The Morgan fingerprint density at radius 1 is 0.935 bits per heavy atom. The third kappa shape index (κ3) is 4.30. The number of rotatable bonds is 5. The van der Waals surface area contributed by atoms with Gasteiger partial charge < -0.3 is 4.90 Å². The van der Waals surface area contributed by atoms with Crippen molar-refractivity contribution in [3.63, 3.8) is 0 Å². The molecule has 1 amide bonds. The van der Waals surface area contributed by atoms with E-state index < -0.39 is 15.6 Å². The van der Waals surface area contributed by atoms with E-state index in [4.69, 9.17) is 23.2 Å². The predicted molar refractivity (Wildman–Crippen MR) is 119 cm³/mol. The third-order valence-electron chi connectivity index (χ3n) is 4.77. The first-order chi connectivity index (χ1) is 14.8. The Morgan fingerprint density at radius 3 is 2.19 bits per heavy atom. The zero-order valence-electron chi connectivity index (χ0n) is 16.0. The van der Waals surface area contributed by atoms with Crippen molar-refractivity contribution in [3.8, 4) is 5.69 Å². The topological polar surface area (TPSA) is 101 Å². The molecule has 2 aromatic carbocycles. The van der Waals surface area contributed by atoms with Crippen LogP contribution in [0, 0.1) is 0 Å². The van der Waals surface area contributed by atoms with Crippen molar-refractivity contribution in [3.05, 3.63) is 75.1 Å². The first-order valence-corrected chi connectivity index (χ1v) is 11.5. The Labute approximate surface area is 188 Å². The number of anilines is 2. The van der Waals surface area contributed by atoms with E-state index in [1.165, 1.54) is 30.5 Å². The first kappa shape index (κ1) is 21.4. The SMILES string of the molecule is O=C1CCCN1c1ccc(NS(=O)(=O)c2ccc(-n3ncc(Cl)c(Cl)c3=O)cc2)cc1. The average molecular weight is 479 g/mol. The van der Waals surface area contributed by atoms with Crippen LogP contribution in [0.3, 0.4) is 0 Å². The molecule has 11 heteroatoms. The summed E-state index contributed by atoms with van der Waals surface area (Å²) in [6, 6.07) is 12.2. The summed E-state index contributed by atoms with van der Waals surface area (Å²) in [6.07, 6.45) is 2.57. The molecule has 8 nitrogen and oxygen atoms in total. The molecule has 0 radical (unpaired) electrons. The number of carbonyl (C=O) groups is 1. The minimum atomic E-state index is -3.87. The minimum absolute atomic E-state index is 0.00292. The van der Waals surface area contributed by atoms with Gasteiger partial charge in [0.05, 0.1) is 21.8 Å². The Kier molecular flexibility index (Phi) is 5.74. The summed E-state index contributed by atoms with van der Waals surface area (Å²) in [5, 5.41) is 3.77. The summed E-state index contributed by atoms with van der Waals surface area (Å²) in [5.74, 6) is 0.0593. The highest BCUT2D eigenvalue weighted by Crippen LogP contribution is 2.24. The molecule has 0 saturated carbocycles. The molecule has 1 aromatic heterocycles. The van der Waals surface area contributed by atoms with Gasteiger partial charge in [0.15, 0.2) is 0 Å². The molecule has 1 fully saturated rings. The zero-order valence-corrected chi connectivity index (χ0v) is 18.3. The van der Waals surface area contributed by atoms with Crippen LogP contribution in [0.5, 0.6) is 0 Å². The van der Waals surface area contributed by atoms with Gasteiger partial charge in [-0.15, -0.1) is 0 Å². The number of amides is 1. The maximum absolute atomic E-state index is 12.7. The number of nitrogens with zero attached hydrogens (tertiary/aromatic N) is 3. The fraction of sp³-hybridized carbons (Fsp3) is 0.150. The van der Waals surface area contributed by atoms with Crippen LogP contribution in [-0.2, 0) is 14.8 Å². The molecule has 2 heterocycles. The van der Waals surface area contributed by atoms with Crippen molar-refractivity contribution in [2.45, 2.75) is 17.7 Å². The van der Waals surface area contributed by atoms with Crippen molar-refractivity contribution in [1.82, 2.24) is 9.78 Å². The molecule has 0 aliphatic carbocycles. The lowest BCUT2D eigenvalue weighted by atomic mass is 10.2. The van der Waals surface area contributed by atoms with Gasteiger partial charge in [-0.2, -0.15) is 9.78 Å². The van der Waals surface area contributed by atoms with E-state index in [2.05, 4.69) is 9.82 Å². The molecule has 3 aromatic rings. The van der Waals surface area contributed by atoms with Gasteiger partial charge >= 0.3 is 0 Å². The molecular weight excluding hydrogens is 463 g/mol. The van der Waals surface area contributed by atoms with Crippen molar-refractivity contribution in [1.29, 1.82) is 0 Å². The second-order valence-electron chi connectivity index (χ2n) is 6.82. The van der Waals surface area contributed by atoms with Crippen LogP contribution in [0.1, 0.15) is 12.8 Å². The van der Waals surface area contributed by atoms with Crippen LogP contribution in [0.15, 0.2) is 64.4 Å². The molecule has 4 rings (SSSR count). The Bertz CT molecular complexity index is 1310. The van der Waals surface area contributed by atoms with E-state index in [1.54, 1.807) is 29.2 Å². The number of benzene rings is 2. The van der Waals surface area contributed by atoms with Crippen LogP contribution in [0.2, 0.25) is 10.0 Å². The second kappa shape index (κ2) is 8.33. The lowest BCUT2D eigenvalue weighted by Gasteiger charge is -2.16. The normalized spacial score (nSPS) is 14.1. The zero-order chi connectivity index (χ0) is 22.2.